The molecule has 0 spiro atoms. The van der Waals surface area contributed by atoms with Gasteiger partial charge in [0.15, 0.2) is 0 Å². The van der Waals surface area contributed by atoms with Crippen LogP contribution in [0.1, 0.15) is 5.56 Å². The average molecular weight is 257 g/mol. The van der Waals surface area contributed by atoms with Crippen LogP contribution in [0.3, 0.4) is 0 Å². The monoisotopic (exact) mass is 257 g/mol. The van der Waals surface area contributed by atoms with Crippen LogP contribution in [0, 0.1) is 0 Å². The van der Waals surface area contributed by atoms with Gasteiger partial charge in [-0.3, -0.25) is 4.79 Å². The molecule has 94 valence electrons. The predicted molar refractivity (Wildman–Crippen MR) is 82.3 cm³/mol. The first kappa shape index (κ1) is 10.2. The van der Waals surface area contributed by atoms with Gasteiger partial charge in [-0.15, -0.1) is 0 Å². The van der Waals surface area contributed by atoms with Gasteiger partial charge in [0.2, 0.25) is 0 Å². The van der Waals surface area contributed by atoms with Crippen molar-refractivity contribution in [2.24, 2.45) is 0 Å². The Hall–Kier alpha value is -2.61. The highest BCUT2D eigenvalue weighted by molar-refractivity contribution is 6.20. The van der Waals surface area contributed by atoms with E-state index in [2.05, 4.69) is 36.4 Å². The summed E-state index contributed by atoms with van der Waals surface area (Å²) in [4.78, 5) is 12.5. The highest BCUT2D eigenvalue weighted by Gasteiger charge is 2.22. The largest absolute Gasteiger partial charge is 0.303 e. The van der Waals surface area contributed by atoms with E-state index in [0.717, 1.165) is 22.8 Å². The Kier molecular flexibility index (Phi) is 1.68. The Morgan fingerprint density at radius 2 is 1.55 bits per heavy atom. The molecule has 0 N–H and O–H groups in total. The molecule has 2 heteroatoms. The van der Waals surface area contributed by atoms with E-state index in [1.165, 1.54) is 21.7 Å². The lowest BCUT2D eigenvalue weighted by atomic mass is 9.93. The summed E-state index contributed by atoms with van der Waals surface area (Å²) in [6.07, 6.45) is 0. The molecule has 0 aliphatic carbocycles. The SMILES string of the molecule is O=c1c2ccccc2c2c3ccccc3cc3c2n1C3. The lowest BCUT2D eigenvalue weighted by Gasteiger charge is -2.25. The third kappa shape index (κ3) is 1.04. The summed E-state index contributed by atoms with van der Waals surface area (Å²) in [5, 5.41) is 5.60. The van der Waals surface area contributed by atoms with Crippen LogP contribution in [0.15, 0.2) is 59.4 Å². The lowest BCUT2D eigenvalue weighted by Crippen LogP contribution is -2.28. The zero-order valence-electron chi connectivity index (χ0n) is 10.8. The Balaban J connectivity index is 2.24. The van der Waals surface area contributed by atoms with E-state index in [-0.39, 0.29) is 5.56 Å². The fourth-order valence-electron chi connectivity index (χ4n) is 3.46. The van der Waals surface area contributed by atoms with Gasteiger partial charge in [-0.05, 0) is 33.9 Å². The fraction of sp³-hybridized carbons (Fsp3) is 0.0556. The topological polar surface area (TPSA) is 22.0 Å². The maximum atomic E-state index is 12.5. The summed E-state index contributed by atoms with van der Waals surface area (Å²) in [6, 6.07) is 18.6. The third-order valence-electron chi connectivity index (χ3n) is 4.37. The predicted octanol–water partition coefficient (Wildman–Crippen LogP) is 3.67. The minimum Gasteiger partial charge on any atom is -0.303 e. The zero-order chi connectivity index (χ0) is 13.3. The molecule has 0 unspecified atom stereocenters. The van der Waals surface area contributed by atoms with E-state index in [1.54, 1.807) is 0 Å². The minimum absolute atomic E-state index is 0.135. The van der Waals surface area contributed by atoms with Crippen molar-refractivity contribution < 1.29 is 0 Å². The molecule has 1 aliphatic rings. The molecule has 3 aromatic carbocycles. The number of rotatable bonds is 0. The molecule has 2 heterocycles. The van der Waals surface area contributed by atoms with E-state index in [4.69, 9.17) is 0 Å². The summed E-state index contributed by atoms with van der Waals surface area (Å²) in [7, 11) is 0. The first-order chi connectivity index (χ1) is 9.84. The Morgan fingerprint density at radius 3 is 2.40 bits per heavy atom. The van der Waals surface area contributed by atoms with Gasteiger partial charge in [-0.2, -0.15) is 0 Å². The summed E-state index contributed by atoms with van der Waals surface area (Å²) in [6.45, 7) is 0.736. The van der Waals surface area contributed by atoms with Gasteiger partial charge in [0.05, 0.1) is 12.1 Å². The second-order valence-corrected chi connectivity index (χ2v) is 5.42. The normalized spacial score (nSPS) is 13.0. The first-order valence-corrected chi connectivity index (χ1v) is 6.80. The first-order valence-electron chi connectivity index (χ1n) is 6.80. The van der Waals surface area contributed by atoms with Gasteiger partial charge in [-0.25, -0.2) is 0 Å². The number of nitrogens with zero attached hydrogens (tertiary/aromatic N) is 1. The van der Waals surface area contributed by atoms with Gasteiger partial charge >= 0.3 is 0 Å². The maximum absolute atomic E-state index is 12.5. The minimum atomic E-state index is 0.135. The second-order valence-electron chi connectivity index (χ2n) is 5.42. The second kappa shape index (κ2) is 3.28. The van der Waals surface area contributed by atoms with Crippen LogP contribution in [0.25, 0.3) is 32.4 Å². The molecule has 0 fully saturated rings. The lowest BCUT2D eigenvalue weighted by molar-refractivity contribution is 0.744. The van der Waals surface area contributed by atoms with Crippen molar-refractivity contribution in [2.45, 2.75) is 6.54 Å². The molecular formula is C18H11NO. The van der Waals surface area contributed by atoms with Crippen molar-refractivity contribution in [3.05, 3.63) is 70.5 Å². The number of hydrogen-bond donors (Lipinski definition) is 0. The standard InChI is InChI=1S/C18H11NO/c20-18-15-8-4-3-7-14(15)16-13-6-2-1-5-11(13)9-12-10-19(18)17(12)16/h1-9H,10H2. The van der Waals surface area contributed by atoms with Gasteiger partial charge in [0.1, 0.15) is 0 Å². The summed E-state index contributed by atoms with van der Waals surface area (Å²) in [5.41, 5.74) is 2.53. The van der Waals surface area contributed by atoms with E-state index >= 15 is 0 Å². The van der Waals surface area contributed by atoms with E-state index in [1.807, 2.05) is 22.8 Å². The quantitative estimate of drug-likeness (QED) is 0.388. The molecule has 0 bridgehead atoms. The summed E-state index contributed by atoms with van der Waals surface area (Å²) < 4.78 is 1.90. The highest BCUT2D eigenvalue weighted by atomic mass is 16.1. The van der Waals surface area contributed by atoms with Crippen LogP contribution >= 0.6 is 0 Å². The number of aromatic nitrogens is 1. The number of pyridine rings is 1. The molecule has 0 atom stereocenters. The molecule has 0 amide bonds. The highest BCUT2D eigenvalue weighted by Crippen LogP contribution is 2.37. The maximum Gasteiger partial charge on any atom is 0.259 e. The van der Waals surface area contributed by atoms with Gasteiger partial charge < -0.3 is 4.57 Å². The molecule has 2 nitrogen and oxygen atoms in total. The number of fused-ring (bicyclic) bond motifs is 4. The molecule has 4 aromatic rings. The number of hydrogen-bond acceptors (Lipinski definition) is 1. The Morgan fingerprint density at radius 1 is 0.850 bits per heavy atom. The van der Waals surface area contributed by atoms with Crippen LogP contribution in [-0.2, 0) is 6.54 Å². The van der Waals surface area contributed by atoms with E-state index in [0.29, 0.717) is 0 Å². The zero-order valence-corrected chi connectivity index (χ0v) is 10.8. The van der Waals surface area contributed by atoms with E-state index < -0.39 is 0 Å². The van der Waals surface area contributed by atoms with Crippen LogP contribution < -0.4 is 5.56 Å². The summed E-state index contributed by atoms with van der Waals surface area (Å²) in [5.74, 6) is 0. The van der Waals surface area contributed by atoms with E-state index in [9.17, 15) is 4.79 Å². The molecule has 5 rings (SSSR count). The van der Waals surface area contributed by atoms with Gasteiger partial charge in [0, 0.05) is 10.8 Å². The van der Waals surface area contributed by atoms with Gasteiger partial charge in [0.25, 0.3) is 5.56 Å². The molecule has 1 aromatic heterocycles. The average Bonchev–Trinajstić information content (AvgIpc) is 2.48. The number of benzene rings is 3. The molecular weight excluding hydrogens is 246 g/mol. The van der Waals surface area contributed by atoms with Crippen molar-refractivity contribution >= 4 is 32.4 Å². The van der Waals surface area contributed by atoms with Crippen LogP contribution in [-0.4, -0.2) is 4.57 Å². The molecule has 0 saturated heterocycles. The Bertz CT molecular complexity index is 1090. The van der Waals surface area contributed by atoms with Crippen LogP contribution in [0.2, 0.25) is 0 Å². The fourth-order valence-corrected chi connectivity index (χ4v) is 3.46. The van der Waals surface area contributed by atoms with Crippen molar-refractivity contribution in [1.29, 1.82) is 0 Å². The van der Waals surface area contributed by atoms with Crippen molar-refractivity contribution in [1.82, 2.24) is 4.57 Å². The molecule has 20 heavy (non-hydrogen) atoms. The Labute approximate surface area is 114 Å². The smallest absolute Gasteiger partial charge is 0.259 e. The van der Waals surface area contributed by atoms with Crippen LogP contribution in [0.4, 0.5) is 0 Å². The molecule has 0 saturated carbocycles. The third-order valence-corrected chi connectivity index (χ3v) is 4.37. The van der Waals surface area contributed by atoms with Crippen LogP contribution in [0.5, 0.6) is 0 Å². The molecule has 1 aliphatic heterocycles. The molecule has 0 radical (unpaired) electrons. The van der Waals surface area contributed by atoms with Gasteiger partial charge in [-0.1, -0.05) is 42.5 Å². The van der Waals surface area contributed by atoms with Crippen molar-refractivity contribution in [3.8, 4) is 0 Å². The van der Waals surface area contributed by atoms with Crippen molar-refractivity contribution in [3.63, 3.8) is 0 Å². The summed E-state index contributed by atoms with van der Waals surface area (Å²) >= 11 is 0. The van der Waals surface area contributed by atoms with Crippen molar-refractivity contribution in [2.75, 3.05) is 0 Å².